The second-order valence-corrected chi connectivity index (χ2v) is 5.75. The number of hydrogen-bond acceptors (Lipinski definition) is 2. The third-order valence-corrected chi connectivity index (χ3v) is 3.98. The van der Waals surface area contributed by atoms with Gasteiger partial charge in [0.15, 0.2) is 0 Å². The molecule has 0 aliphatic rings. The van der Waals surface area contributed by atoms with Crippen LogP contribution in [0.1, 0.15) is 15.9 Å². The molecule has 0 aliphatic carbocycles. The quantitative estimate of drug-likeness (QED) is 0.758. The van der Waals surface area contributed by atoms with Crippen LogP contribution in [0.2, 0.25) is 0 Å². The average molecular weight is 398 g/mol. The van der Waals surface area contributed by atoms with E-state index in [1.807, 2.05) is 47.8 Å². The molecule has 0 unspecified atom stereocenters. The number of likely N-dealkylation sites (N-methyl/N-ethyl adjacent to an activating group) is 1. The van der Waals surface area contributed by atoms with Crippen LogP contribution in [0.25, 0.3) is 0 Å². The highest BCUT2D eigenvalue weighted by Gasteiger charge is 2.12. The molecule has 21 heavy (non-hydrogen) atoms. The summed E-state index contributed by atoms with van der Waals surface area (Å²) in [7, 11) is 1.88. The monoisotopic (exact) mass is 398 g/mol. The van der Waals surface area contributed by atoms with Crippen LogP contribution in [0, 0.1) is 9.39 Å². The van der Waals surface area contributed by atoms with Crippen LogP contribution >= 0.6 is 22.6 Å². The van der Waals surface area contributed by atoms with E-state index < -0.39 is 0 Å². The molecule has 0 spiro atoms. The molecule has 2 rings (SSSR count). The second-order valence-electron chi connectivity index (χ2n) is 4.59. The van der Waals surface area contributed by atoms with E-state index in [0.717, 1.165) is 18.5 Å². The fourth-order valence-corrected chi connectivity index (χ4v) is 2.61. The summed E-state index contributed by atoms with van der Waals surface area (Å²) in [6.07, 6.45) is 0.778. The number of halogens is 2. The van der Waals surface area contributed by atoms with Gasteiger partial charge in [0.25, 0.3) is 5.91 Å². The van der Waals surface area contributed by atoms with Gasteiger partial charge in [-0.2, -0.15) is 0 Å². The van der Waals surface area contributed by atoms with E-state index in [1.54, 1.807) is 12.1 Å². The lowest BCUT2D eigenvalue weighted by molar-refractivity contribution is 0.102. The number of carbonyl (C=O) groups excluding carboxylic acids is 1. The molecule has 0 atom stereocenters. The molecule has 0 saturated carbocycles. The number of hydrogen-bond donors (Lipinski definition) is 2. The van der Waals surface area contributed by atoms with Crippen LogP contribution in [-0.2, 0) is 6.42 Å². The highest BCUT2D eigenvalue weighted by Crippen LogP contribution is 2.20. The van der Waals surface area contributed by atoms with E-state index in [4.69, 9.17) is 0 Å². The molecular weight excluding hydrogens is 382 g/mol. The molecule has 2 aromatic carbocycles. The summed E-state index contributed by atoms with van der Waals surface area (Å²) < 4.78 is 13.8. The molecule has 0 heterocycles. The fourth-order valence-electron chi connectivity index (χ4n) is 2.00. The van der Waals surface area contributed by atoms with Gasteiger partial charge in [0.2, 0.25) is 0 Å². The Hall–Kier alpha value is -1.47. The lowest BCUT2D eigenvalue weighted by Crippen LogP contribution is -2.17. The molecule has 3 nitrogen and oxygen atoms in total. The van der Waals surface area contributed by atoms with Crippen molar-refractivity contribution in [3.8, 4) is 0 Å². The van der Waals surface area contributed by atoms with Gasteiger partial charge in [0, 0.05) is 9.13 Å². The van der Waals surface area contributed by atoms with Crippen LogP contribution in [0.15, 0.2) is 42.5 Å². The SMILES string of the molecule is CNCCc1ccccc1C(=O)Nc1ccc(F)cc1I. The minimum atomic E-state index is -0.313. The molecule has 0 saturated heterocycles. The van der Waals surface area contributed by atoms with Crippen molar-refractivity contribution in [2.24, 2.45) is 0 Å². The Balaban J connectivity index is 2.20. The summed E-state index contributed by atoms with van der Waals surface area (Å²) in [5.74, 6) is -0.488. The van der Waals surface area contributed by atoms with Crippen molar-refractivity contribution in [2.75, 3.05) is 18.9 Å². The largest absolute Gasteiger partial charge is 0.321 e. The molecule has 110 valence electrons. The number of rotatable bonds is 5. The molecule has 5 heteroatoms. The predicted octanol–water partition coefficient (Wildman–Crippen LogP) is 3.44. The summed E-state index contributed by atoms with van der Waals surface area (Å²) in [6, 6.07) is 11.8. The second kappa shape index (κ2) is 7.51. The highest BCUT2D eigenvalue weighted by molar-refractivity contribution is 14.1. The van der Waals surface area contributed by atoms with E-state index in [-0.39, 0.29) is 11.7 Å². The molecule has 0 aliphatic heterocycles. The Morgan fingerprint density at radius 1 is 1.24 bits per heavy atom. The van der Waals surface area contributed by atoms with Gasteiger partial charge < -0.3 is 10.6 Å². The Labute approximate surface area is 137 Å². The average Bonchev–Trinajstić information content (AvgIpc) is 2.48. The van der Waals surface area contributed by atoms with Crippen LogP contribution in [-0.4, -0.2) is 19.5 Å². The van der Waals surface area contributed by atoms with Gasteiger partial charge in [-0.25, -0.2) is 4.39 Å². The van der Waals surface area contributed by atoms with Gasteiger partial charge in [0.1, 0.15) is 5.82 Å². The standard InChI is InChI=1S/C16H16FIN2O/c1-19-9-8-11-4-2-3-5-13(11)16(21)20-15-7-6-12(17)10-14(15)18/h2-7,10,19H,8-9H2,1H3,(H,20,21). The summed E-state index contributed by atoms with van der Waals surface area (Å²) in [5, 5.41) is 5.91. The maximum atomic E-state index is 13.1. The topological polar surface area (TPSA) is 41.1 Å². The molecule has 0 radical (unpaired) electrons. The van der Waals surface area contributed by atoms with Crippen molar-refractivity contribution < 1.29 is 9.18 Å². The minimum absolute atomic E-state index is 0.175. The van der Waals surface area contributed by atoms with E-state index in [0.29, 0.717) is 14.8 Å². The molecule has 1 amide bonds. The first-order valence-corrected chi connectivity index (χ1v) is 7.68. The summed E-state index contributed by atoms with van der Waals surface area (Å²) >= 11 is 2.01. The van der Waals surface area contributed by atoms with E-state index in [1.165, 1.54) is 12.1 Å². The van der Waals surface area contributed by atoms with Gasteiger partial charge in [0.05, 0.1) is 5.69 Å². The Bertz CT molecular complexity index is 646. The lowest BCUT2D eigenvalue weighted by Gasteiger charge is -2.11. The van der Waals surface area contributed by atoms with E-state index >= 15 is 0 Å². The smallest absolute Gasteiger partial charge is 0.255 e. The Kier molecular flexibility index (Phi) is 5.69. The van der Waals surface area contributed by atoms with Crippen molar-refractivity contribution in [3.05, 3.63) is 63.0 Å². The molecule has 0 aromatic heterocycles. The first kappa shape index (κ1) is 15.9. The maximum absolute atomic E-state index is 13.1. The zero-order valence-electron chi connectivity index (χ0n) is 11.6. The number of anilines is 1. The van der Waals surface area contributed by atoms with Gasteiger partial charge in [-0.15, -0.1) is 0 Å². The summed E-state index contributed by atoms with van der Waals surface area (Å²) in [5.41, 5.74) is 2.25. The van der Waals surface area contributed by atoms with Gasteiger partial charge in [-0.1, -0.05) is 18.2 Å². The van der Waals surface area contributed by atoms with Gasteiger partial charge >= 0.3 is 0 Å². The van der Waals surface area contributed by atoms with Crippen molar-refractivity contribution in [2.45, 2.75) is 6.42 Å². The maximum Gasteiger partial charge on any atom is 0.255 e. The van der Waals surface area contributed by atoms with E-state index in [2.05, 4.69) is 10.6 Å². The Morgan fingerprint density at radius 3 is 2.71 bits per heavy atom. The van der Waals surface area contributed by atoms with Gasteiger partial charge in [-0.3, -0.25) is 4.79 Å². The zero-order chi connectivity index (χ0) is 15.2. The van der Waals surface area contributed by atoms with Crippen LogP contribution in [0.4, 0.5) is 10.1 Å². The molecule has 2 N–H and O–H groups in total. The van der Waals surface area contributed by atoms with Crippen molar-refractivity contribution >= 4 is 34.2 Å². The zero-order valence-corrected chi connectivity index (χ0v) is 13.8. The molecule has 2 aromatic rings. The third kappa shape index (κ3) is 4.25. The van der Waals surface area contributed by atoms with Crippen LogP contribution in [0.3, 0.4) is 0 Å². The molecule has 0 bridgehead atoms. The van der Waals surface area contributed by atoms with Gasteiger partial charge in [-0.05, 0) is 72.4 Å². The number of nitrogens with one attached hydrogen (secondary N) is 2. The minimum Gasteiger partial charge on any atom is -0.321 e. The Morgan fingerprint density at radius 2 is 2.00 bits per heavy atom. The normalized spacial score (nSPS) is 10.4. The number of carbonyl (C=O) groups is 1. The van der Waals surface area contributed by atoms with Crippen molar-refractivity contribution in [1.29, 1.82) is 0 Å². The van der Waals surface area contributed by atoms with Crippen LogP contribution in [0.5, 0.6) is 0 Å². The number of amides is 1. The lowest BCUT2D eigenvalue weighted by atomic mass is 10.0. The predicted molar refractivity (Wildman–Crippen MR) is 91.1 cm³/mol. The summed E-state index contributed by atoms with van der Waals surface area (Å²) in [6.45, 7) is 0.804. The first-order valence-electron chi connectivity index (χ1n) is 6.60. The number of benzene rings is 2. The third-order valence-electron chi connectivity index (χ3n) is 3.09. The molecule has 0 fully saturated rings. The highest BCUT2D eigenvalue weighted by atomic mass is 127. The van der Waals surface area contributed by atoms with Crippen molar-refractivity contribution in [3.63, 3.8) is 0 Å². The summed E-state index contributed by atoms with van der Waals surface area (Å²) in [4.78, 5) is 12.4. The fraction of sp³-hybridized carbons (Fsp3) is 0.188. The van der Waals surface area contributed by atoms with Crippen molar-refractivity contribution in [1.82, 2.24) is 5.32 Å². The van der Waals surface area contributed by atoms with E-state index in [9.17, 15) is 9.18 Å². The first-order chi connectivity index (χ1) is 10.1. The molecular formula is C16H16FIN2O. The van der Waals surface area contributed by atoms with Crippen LogP contribution < -0.4 is 10.6 Å².